The molecular weight excluding hydrogens is 375 g/mol. The van der Waals surface area contributed by atoms with Crippen molar-refractivity contribution in [3.05, 3.63) is 64.4 Å². The normalized spacial score (nSPS) is 12.5. The van der Waals surface area contributed by atoms with Gasteiger partial charge in [0.15, 0.2) is 6.10 Å². The van der Waals surface area contributed by atoms with E-state index in [-0.39, 0.29) is 11.7 Å². The van der Waals surface area contributed by atoms with Crippen molar-refractivity contribution in [1.29, 1.82) is 0 Å². The lowest BCUT2D eigenvalue weighted by atomic mass is 10.2. The fourth-order valence-corrected chi connectivity index (χ4v) is 2.68. The Bertz CT molecular complexity index is 995. The second-order valence-corrected chi connectivity index (χ2v) is 6.11. The van der Waals surface area contributed by atoms with E-state index in [4.69, 9.17) is 20.8 Å². The summed E-state index contributed by atoms with van der Waals surface area (Å²) in [6.07, 6.45) is 2.07. The van der Waals surface area contributed by atoms with Crippen molar-refractivity contribution in [1.82, 2.24) is 20.0 Å². The van der Waals surface area contributed by atoms with E-state index in [9.17, 15) is 9.18 Å². The smallest absolute Gasteiger partial charge is 0.331 e. The van der Waals surface area contributed by atoms with Crippen LogP contribution in [-0.4, -0.2) is 25.9 Å². The van der Waals surface area contributed by atoms with Crippen LogP contribution in [0.3, 0.4) is 0 Å². The van der Waals surface area contributed by atoms with Crippen LogP contribution in [0.1, 0.15) is 36.1 Å². The van der Waals surface area contributed by atoms with Crippen molar-refractivity contribution in [3.8, 4) is 5.69 Å². The first kappa shape index (κ1) is 18.8. The molecule has 0 aliphatic heterocycles. The third kappa shape index (κ3) is 4.22. The molecule has 2 aromatic heterocycles. The number of esters is 1. The lowest BCUT2D eigenvalue weighted by molar-refractivity contribution is -0.143. The highest BCUT2D eigenvalue weighted by molar-refractivity contribution is 6.31. The van der Waals surface area contributed by atoms with E-state index in [0.717, 1.165) is 0 Å². The van der Waals surface area contributed by atoms with Crippen LogP contribution in [0.2, 0.25) is 5.15 Å². The first-order valence-electron chi connectivity index (χ1n) is 8.05. The van der Waals surface area contributed by atoms with Crippen molar-refractivity contribution in [2.45, 2.75) is 26.9 Å². The Balaban J connectivity index is 1.75. The molecule has 1 aromatic carbocycles. The number of carbonyl (C=O) groups is 1. The maximum absolute atomic E-state index is 13.1. The number of nitrogens with zero attached hydrogens (tertiary/aromatic N) is 4. The molecule has 9 heteroatoms. The molecule has 0 N–H and O–H groups in total. The van der Waals surface area contributed by atoms with Crippen molar-refractivity contribution < 1.29 is 18.3 Å². The summed E-state index contributed by atoms with van der Waals surface area (Å²) in [5, 5.41) is 12.1. The zero-order chi connectivity index (χ0) is 19.6. The van der Waals surface area contributed by atoms with Gasteiger partial charge in [0.2, 0.25) is 5.89 Å². The second-order valence-electron chi connectivity index (χ2n) is 5.75. The third-order valence-corrected chi connectivity index (χ3v) is 4.05. The number of aryl methyl sites for hydroxylation is 2. The van der Waals surface area contributed by atoms with Crippen molar-refractivity contribution in [2.24, 2.45) is 0 Å². The molecule has 7 nitrogen and oxygen atoms in total. The van der Waals surface area contributed by atoms with Gasteiger partial charge in [0.25, 0.3) is 5.89 Å². The molecule has 27 heavy (non-hydrogen) atoms. The number of hydrogen-bond donors (Lipinski definition) is 0. The Labute approximate surface area is 159 Å². The highest BCUT2D eigenvalue weighted by atomic mass is 35.5. The van der Waals surface area contributed by atoms with Crippen LogP contribution in [0.5, 0.6) is 0 Å². The van der Waals surface area contributed by atoms with Gasteiger partial charge in [-0.1, -0.05) is 11.6 Å². The molecular formula is C18H16ClFN4O3. The van der Waals surface area contributed by atoms with Crippen LogP contribution in [0.15, 0.2) is 34.8 Å². The average Bonchev–Trinajstić information content (AvgIpc) is 3.18. The molecule has 1 atom stereocenters. The van der Waals surface area contributed by atoms with E-state index in [0.29, 0.717) is 28.0 Å². The van der Waals surface area contributed by atoms with Crippen LogP contribution in [0.4, 0.5) is 4.39 Å². The minimum Gasteiger partial charge on any atom is -0.449 e. The van der Waals surface area contributed by atoms with Gasteiger partial charge in [-0.3, -0.25) is 0 Å². The number of rotatable bonds is 5. The molecule has 0 amide bonds. The Morgan fingerprint density at radius 3 is 2.63 bits per heavy atom. The minimum absolute atomic E-state index is 0.215. The van der Waals surface area contributed by atoms with Gasteiger partial charge in [0.05, 0.1) is 11.4 Å². The molecule has 0 spiro atoms. The SMILES string of the molecule is Cc1nnc(C(C)OC(=O)/C=C/c2c(C)nn(-c3ccc(F)cc3)c2Cl)o1. The topological polar surface area (TPSA) is 83.0 Å². The number of benzene rings is 1. The number of halogens is 2. The van der Waals surface area contributed by atoms with E-state index in [1.165, 1.54) is 29.0 Å². The summed E-state index contributed by atoms with van der Waals surface area (Å²) in [5.41, 5.74) is 1.76. The van der Waals surface area contributed by atoms with Gasteiger partial charge in [-0.05, 0) is 44.2 Å². The van der Waals surface area contributed by atoms with Crippen molar-refractivity contribution >= 4 is 23.6 Å². The van der Waals surface area contributed by atoms with Gasteiger partial charge in [0, 0.05) is 18.6 Å². The first-order chi connectivity index (χ1) is 12.8. The second kappa shape index (κ2) is 7.71. The van der Waals surface area contributed by atoms with Gasteiger partial charge in [-0.25, -0.2) is 13.9 Å². The quantitative estimate of drug-likeness (QED) is 0.484. The molecule has 3 aromatic rings. The molecule has 0 saturated carbocycles. The summed E-state index contributed by atoms with van der Waals surface area (Å²) < 4.78 is 25.0. The summed E-state index contributed by atoms with van der Waals surface area (Å²) in [7, 11) is 0. The van der Waals surface area contributed by atoms with Gasteiger partial charge in [-0.2, -0.15) is 5.10 Å². The highest BCUT2D eigenvalue weighted by Crippen LogP contribution is 2.25. The van der Waals surface area contributed by atoms with E-state index in [1.54, 1.807) is 32.9 Å². The Morgan fingerprint density at radius 1 is 1.30 bits per heavy atom. The average molecular weight is 391 g/mol. The lowest BCUT2D eigenvalue weighted by Gasteiger charge is -2.06. The van der Waals surface area contributed by atoms with E-state index in [2.05, 4.69) is 15.3 Å². The van der Waals surface area contributed by atoms with Crippen molar-refractivity contribution in [3.63, 3.8) is 0 Å². The maximum Gasteiger partial charge on any atom is 0.331 e. The summed E-state index contributed by atoms with van der Waals surface area (Å²) in [4.78, 5) is 12.0. The van der Waals surface area contributed by atoms with Crippen LogP contribution < -0.4 is 0 Å². The fourth-order valence-electron chi connectivity index (χ4n) is 2.35. The van der Waals surface area contributed by atoms with E-state index in [1.807, 2.05) is 0 Å². The molecule has 3 rings (SSSR count). The Hall–Kier alpha value is -3.00. The van der Waals surface area contributed by atoms with Crippen LogP contribution in [-0.2, 0) is 9.53 Å². The standard InChI is InChI=1S/C18H16ClFN4O3/c1-10-15(17(19)24(23-10)14-6-4-13(20)5-7-14)8-9-16(25)26-11(2)18-22-21-12(3)27-18/h4-9,11H,1-3H3/b9-8+. The fraction of sp³-hybridized carbons (Fsp3) is 0.222. The van der Waals surface area contributed by atoms with Gasteiger partial charge in [0.1, 0.15) is 11.0 Å². The molecule has 1 unspecified atom stereocenters. The molecule has 0 fully saturated rings. The Morgan fingerprint density at radius 2 is 2.00 bits per heavy atom. The maximum atomic E-state index is 13.1. The summed E-state index contributed by atoms with van der Waals surface area (Å²) >= 11 is 6.36. The Kier molecular flexibility index (Phi) is 5.36. The summed E-state index contributed by atoms with van der Waals surface area (Å²) in [6, 6.07) is 5.75. The molecule has 0 saturated heterocycles. The van der Waals surface area contributed by atoms with Gasteiger partial charge in [-0.15, -0.1) is 10.2 Å². The molecule has 140 valence electrons. The van der Waals surface area contributed by atoms with Crippen molar-refractivity contribution in [2.75, 3.05) is 0 Å². The van der Waals surface area contributed by atoms with Crippen LogP contribution in [0, 0.1) is 19.7 Å². The highest BCUT2D eigenvalue weighted by Gasteiger charge is 2.17. The zero-order valence-electron chi connectivity index (χ0n) is 14.8. The molecule has 0 radical (unpaired) electrons. The predicted octanol–water partition coefficient (Wildman–Crippen LogP) is 3.98. The third-order valence-electron chi connectivity index (χ3n) is 3.69. The predicted molar refractivity (Wildman–Crippen MR) is 95.8 cm³/mol. The lowest BCUT2D eigenvalue weighted by Crippen LogP contribution is -2.06. The van der Waals surface area contributed by atoms with Crippen LogP contribution in [0.25, 0.3) is 11.8 Å². The van der Waals surface area contributed by atoms with E-state index >= 15 is 0 Å². The van der Waals surface area contributed by atoms with Gasteiger partial charge >= 0.3 is 5.97 Å². The number of hydrogen-bond acceptors (Lipinski definition) is 6. The number of carbonyl (C=O) groups excluding carboxylic acids is 1. The zero-order valence-corrected chi connectivity index (χ0v) is 15.6. The van der Waals surface area contributed by atoms with E-state index < -0.39 is 12.1 Å². The monoisotopic (exact) mass is 390 g/mol. The summed E-state index contributed by atoms with van der Waals surface area (Å²) in [6.45, 7) is 5.03. The van der Waals surface area contributed by atoms with Gasteiger partial charge < -0.3 is 9.15 Å². The number of aromatic nitrogens is 4. The largest absolute Gasteiger partial charge is 0.449 e. The molecule has 2 heterocycles. The molecule has 0 bridgehead atoms. The minimum atomic E-state index is -0.679. The molecule has 0 aliphatic carbocycles. The first-order valence-corrected chi connectivity index (χ1v) is 8.42. The summed E-state index contributed by atoms with van der Waals surface area (Å²) in [5.74, 6) is -0.345. The molecule has 0 aliphatic rings. The number of ether oxygens (including phenoxy) is 1. The van der Waals surface area contributed by atoms with Crippen LogP contribution >= 0.6 is 11.6 Å².